The maximum absolute atomic E-state index is 11.5. The smallest absolute Gasteiger partial charge is 0.171 e. The number of nitrogens with zero attached hydrogens (tertiary/aromatic N) is 2. The summed E-state index contributed by atoms with van der Waals surface area (Å²) in [6, 6.07) is 2.15. The van der Waals surface area contributed by atoms with Gasteiger partial charge in [-0.2, -0.15) is 5.26 Å². The maximum atomic E-state index is 11.5. The molecule has 2 heterocycles. The van der Waals surface area contributed by atoms with Gasteiger partial charge in [-0.1, -0.05) is 13.8 Å². The third kappa shape index (κ3) is 2.59. The number of nitrogen functional groups attached to an aromatic ring is 1. The minimum Gasteiger partial charge on any atom is -0.396 e. The highest BCUT2D eigenvalue weighted by Crippen LogP contribution is 2.41. The number of thiophene rings is 1. The van der Waals surface area contributed by atoms with Crippen LogP contribution < -0.4 is 10.6 Å². The number of Topliss-reactive ketones (excluding diaryl/α,β-unsaturated/α-hetero) is 1. The highest BCUT2D eigenvalue weighted by Gasteiger charge is 2.29. The molecule has 0 unspecified atom stereocenters. The number of carbonyl (C=O) groups excluding carboxylic acids is 1. The molecule has 19 heavy (non-hydrogen) atoms. The lowest BCUT2D eigenvalue weighted by Gasteiger charge is -2.37. The van der Waals surface area contributed by atoms with Crippen molar-refractivity contribution in [1.82, 2.24) is 0 Å². The van der Waals surface area contributed by atoms with E-state index in [1.807, 2.05) is 0 Å². The molecular weight excluding hydrogens is 258 g/mol. The topological polar surface area (TPSA) is 70.1 Å². The van der Waals surface area contributed by atoms with Crippen molar-refractivity contribution in [2.24, 2.45) is 5.41 Å². The number of piperidine rings is 1. The lowest BCUT2D eigenvalue weighted by Crippen LogP contribution is -2.37. The first-order valence-electron chi connectivity index (χ1n) is 6.44. The highest BCUT2D eigenvalue weighted by molar-refractivity contribution is 7.19. The molecule has 2 rings (SSSR count). The van der Waals surface area contributed by atoms with Crippen LogP contribution in [0.5, 0.6) is 0 Å². The second-order valence-corrected chi connectivity index (χ2v) is 6.84. The third-order valence-electron chi connectivity index (χ3n) is 3.76. The fourth-order valence-electron chi connectivity index (χ4n) is 2.34. The summed E-state index contributed by atoms with van der Waals surface area (Å²) in [5, 5.41) is 10.1. The largest absolute Gasteiger partial charge is 0.396 e. The van der Waals surface area contributed by atoms with Gasteiger partial charge in [-0.15, -0.1) is 11.3 Å². The molecule has 1 saturated heterocycles. The van der Waals surface area contributed by atoms with Crippen molar-refractivity contribution in [3.8, 4) is 6.07 Å². The summed E-state index contributed by atoms with van der Waals surface area (Å²) in [7, 11) is 0. The zero-order valence-corrected chi connectivity index (χ0v) is 12.4. The summed E-state index contributed by atoms with van der Waals surface area (Å²) >= 11 is 1.35. The van der Waals surface area contributed by atoms with Crippen molar-refractivity contribution in [3.05, 3.63) is 10.4 Å². The quantitative estimate of drug-likeness (QED) is 0.843. The summed E-state index contributed by atoms with van der Waals surface area (Å²) in [6.45, 7) is 7.85. The van der Waals surface area contributed by atoms with Gasteiger partial charge in [0, 0.05) is 20.0 Å². The predicted octanol–water partition coefficient (Wildman–Crippen LogP) is 3.03. The van der Waals surface area contributed by atoms with Gasteiger partial charge in [-0.05, 0) is 18.3 Å². The Balaban J connectivity index is 2.34. The van der Waals surface area contributed by atoms with Gasteiger partial charge >= 0.3 is 0 Å². The monoisotopic (exact) mass is 277 g/mol. The molecule has 0 saturated carbocycles. The van der Waals surface area contributed by atoms with Gasteiger partial charge < -0.3 is 10.6 Å². The number of anilines is 2. The molecule has 0 bridgehead atoms. The van der Waals surface area contributed by atoms with E-state index in [-0.39, 0.29) is 5.78 Å². The maximum Gasteiger partial charge on any atom is 0.171 e. The molecule has 4 nitrogen and oxygen atoms in total. The van der Waals surface area contributed by atoms with E-state index in [2.05, 4.69) is 24.8 Å². The van der Waals surface area contributed by atoms with Gasteiger partial charge in [0.05, 0.1) is 10.6 Å². The molecule has 5 heteroatoms. The Morgan fingerprint density at radius 3 is 2.47 bits per heavy atom. The Hall–Kier alpha value is -1.54. The van der Waals surface area contributed by atoms with Crippen LogP contribution in [0.4, 0.5) is 10.7 Å². The molecule has 1 fully saturated rings. The van der Waals surface area contributed by atoms with Gasteiger partial charge in [0.2, 0.25) is 0 Å². The zero-order valence-electron chi connectivity index (χ0n) is 11.6. The Morgan fingerprint density at radius 2 is 2.00 bits per heavy atom. The first kappa shape index (κ1) is 13.9. The average Bonchev–Trinajstić information content (AvgIpc) is 2.66. The van der Waals surface area contributed by atoms with Crippen molar-refractivity contribution >= 4 is 27.8 Å². The second kappa shape index (κ2) is 4.86. The van der Waals surface area contributed by atoms with Crippen LogP contribution in [0, 0.1) is 16.7 Å². The molecule has 1 aromatic heterocycles. The number of carbonyl (C=O) groups is 1. The minimum atomic E-state index is -0.0670. The fourth-order valence-corrected chi connectivity index (χ4v) is 3.46. The number of hydrogen-bond acceptors (Lipinski definition) is 5. The van der Waals surface area contributed by atoms with E-state index >= 15 is 0 Å². The standard InChI is InChI=1S/C14H19N3OS/c1-9(18)12-11(16)10(8-15)13(19-12)17-6-4-14(2,3)5-7-17/h4-7,16H2,1-3H3. The lowest BCUT2D eigenvalue weighted by molar-refractivity contribution is 0.102. The van der Waals surface area contributed by atoms with Crippen LogP contribution >= 0.6 is 11.3 Å². The first-order chi connectivity index (χ1) is 8.85. The molecule has 1 aliphatic heterocycles. The van der Waals surface area contributed by atoms with Crippen LogP contribution in [0.3, 0.4) is 0 Å². The summed E-state index contributed by atoms with van der Waals surface area (Å²) in [6.07, 6.45) is 2.18. The zero-order chi connectivity index (χ0) is 14.2. The lowest BCUT2D eigenvalue weighted by atomic mass is 9.83. The van der Waals surface area contributed by atoms with E-state index in [0.717, 1.165) is 30.9 Å². The van der Waals surface area contributed by atoms with Crippen molar-refractivity contribution in [2.45, 2.75) is 33.6 Å². The summed E-state index contributed by atoms with van der Waals surface area (Å²) in [5.41, 5.74) is 7.09. The molecule has 102 valence electrons. The Bertz CT molecular complexity index is 544. The van der Waals surface area contributed by atoms with E-state index in [9.17, 15) is 10.1 Å². The molecular formula is C14H19N3OS. The number of hydrogen-bond donors (Lipinski definition) is 1. The molecule has 0 radical (unpaired) electrons. The van der Waals surface area contributed by atoms with Gasteiger partial charge in [-0.25, -0.2) is 0 Å². The molecule has 1 aliphatic rings. The van der Waals surface area contributed by atoms with Gasteiger partial charge in [-0.3, -0.25) is 4.79 Å². The van der Waals surface area contributed by atoms with Crippen LogP contribution in [-0.4, -0.2) is 18.9 Å². The van der Waals surface area contributed by atoms with Crippen LogP contribution in [-0.2, 0) is 0 Å². The molecule has 0 spiro atoms. The van der Waals surface area contributed by atoms with E-state index < -0.39 is 0 Å². The van der Waals surface area contributed by atoms with Crippen molar-refractivity contribution in [2.75, 3.05) is 23.7 Å². The number of ketones is 1. The van der Waals surface area contributed by atoms with Gasteiger partial charge in [0.1, 0.15) is 16.6 Å². The number of nitriles is 1. The fraction of sp³-hybridized carbons (Fsp3) is 0.571. The second-order valence-electron chi connectivity index (χ2n) is 5.84. The van der Waals surface area contributed by atoms with Crippen LogP contribution in [0.1, 0.15) is 48.8 Å². The Morgan fingerprint density at radius 1 is 1.42 bits per heavy atom. The third-order valence-corrected chi connectivity index (χ3v) is 5.13. The molecule has 0 aliphatic carbocycles. The van der Waals surface area contributed by atoms with Crippen molar-refractivity contribution in [1.29, 1.82) is 5.26 Å². The van der Waals surface area contributed by atoms with Gasteiger partial charge in [0.25, 0.3) is 0 Å². The summed E-state index contributed by atoms with van der Waals surface area (Å²) in [5.74, 6) is -0.0670. The predicted molar refractivity (Wildman–Crippen MR) is 78.7 cm³/mol. The summed E-state index contributed by atoms with van der Waals surface area (Å²) < 4.78 is 0. The van der Waals surface area contributed by atoms with Crippen molar-refractivity contribution in [3.63, 3.8) is 0 Å². The first-order valence-corrected chi connectivity index (χ1v) is 7.25. The van der Waals surface area contributed by atoms with Gasteiger partial charge in [0.15, 0.2) is 5.78 Å². The molecule has 1 aromatic rings. The molecule has 0 amide bonds. The average molecular weight is 277 g/mol. The molecule has 0 atom stereocenters. The molecule has 2 N–H and O–H groups in total. The Labute approximate surface area is 117 Å². The van der Waals surface area contributed by atoms with Crippen LogP contribution in [0.15, 0.2) is 0 Å². The van der Waals surface area contributed by atoms with Crippen molar-refractivity contribution < 1.29 is 4.79 Å². The summed E-state index contributed by atoms with van der Waals surface area (Å²) in [4.78, 5) is 14.2. The van der Waals surface area contributed by atoms with E-state index in [1.54, 1.807) is 0 Å². The normalized spacial score (nSPS) is 18.1. The van der Waals surface area contributed by atoms with E-state index in [1.165, 1.54) is 18.3 Å². The van der Waals surface area contributed by atoms with E-state index in [0.29, 0.717) is 21.5 Å². The highest BCUT2D eigenvalue weighted by atomic mass is 32.1. The van der Waals surface area contributed by atoms with Crippen LogP contribution in [0.25, 0.3) is 0 Å². The number of nitrogens with two attached hydrogens (primary N) is 1. The SMILES string of the molecule is CC(=O)c1sc(N2CCC(C)(C)CC2)c(C#N)c1N. The molecule has 0 aromatic carbocycles. The van der Waals surface area contributed by atoms with E-state index in [4.69, 9.17) is 5.73 Å². The Kier molecular flexibility index (Phi) is 3.55. The number of rotatable bonds is 2. The van der Waals surface area contributed by atoms with Crippen LogP contribution in [0.2, 0.25) is 0 Å². The minimum absolute atomic E-state index is 0.0670.